The molecule has 2 N–H and O–H groups in total. The molecule has 1 aliphatic rings. The molecule has 98 valence electrons. The summed E-state index contributed by atoms with van der Waals surface area (Å²) in [5.41, 5.74) is 5.66. The fraction of sp³-hybridized carbons (Fsp3) is 0.538. The van der Waals surface area contributed by atoms with E-state index in [-0.39, 0.29) is 0 Å². The molecule has 2 heterocycles. The molecule has 5 heteroatoms. The smallest absolute Gasteiger partial charge is 0.250 e. The van der Waals surface area contributed by atoms with Crippen molar-refractivity contribution in [2.75, 3.05) is 32.1 Å². The van der Waals surface area contributed by atoms with Crippen LogP contribution in [0.4, 0.5) is 5.82 Å². The Morgan fingerprint density at radius 1 is 1.50 bits per heavy atom. The van der Waals surface area contributed by atoms with Crippen molar-refractivity contribution in [1.82, 2.24) is 9.88 Å². The molecule has 1 fully saturated rings. The van der Waals surface area contributed by atoms with Gasteiger partial charge in [-0.15, -0.1) is 0 Å². The Morgan fingerprint density at radius 2 is 2.28 bits per heavy atom. The number of carbonyl (C=O) groups excluding carboxylic acids is 1. The van der Waals surface area contributed by atoms with E-state index >= 15 is 0 Å². The number of anilines is 1. The fourth-order valence-corrected chi connectivity index (χ4v) is 2.30. The van der Waals surface area contributed by atoms with Crippen molar-refractivity contribution in [2.45, 2.75) is 18.9 Å². The van der Waals surface area contributed by atoms with Crippen LogP contribution in [0, 0.1) is 0 Å². The van der Waals surface area contributed by atoms with Gasteiger partial charge in [0.15, 0.2) is 0 Å². The molecule has 1 saturated heterocycles. The van der Waals surface area contributed by atoms with Crippen molar-refractivity contribution in [3.05, 3.63) is 23.9 Å². The molecule has 1 aromatic rings. The quantitative estimate of drug-likeness (QED) is 0.855. The van der Waals surface area contributed by atoms with E-state index in [1.54, 1.807) is 12.3 Å². The van der Waals surface area contributed by atoms with Crippen molar-refractivity contribution in [3.8, 4) is 0 Å². The number of primary amides is 1. The van der Waals surface area contributed by atoms with Gasteiger partial charge in [0.2, 0.25) is 5.91 Å². The topological polar surface area (TPSA) is 62.5 Å². The van der Waals surface area contributed by atoms with Gasteiger partial charge in [-0.2, -0.15) is 0 Å². The molecule has 0 radical (unpaired) electrons. The predicted octanol–water partition coefficient (Wildman–Crippen LogP) is 0.711. The SMILES string of the molecule is CN(C)C1CCCN(c2ccc(C(N)=O)cn2)C1. The van der Waals surface area contributed by atoms with Crippen molar-refractivity contribution in [1.29, 1.82) is 0 Å². The molecule has 0 aromatic carbocycles. The van der Waals surface area contributed by atoms with E-state index in [1.165, 1.54) is 12.8 Å². The molecule has 0 aliphatic carbocycles. The molecule has 0 saturated carbocycles. The zero-order valence-electron chi connectivity index (χ0n) is 11.0. The van der Waals surface area contributed by atoms with Crippen LogP contribution in [0.15, 0.2) is 18.3 Å². The Kier molecular flexibility index (Phi) is 3.81. The van der Waals surface area contributed by atoms with E-state index in [9.17, 15) is 4.79 Å². The van der Waals surface area contributed by atoms with Gasteiger partial charge in [0.1, 0.15) is 5.82 Å². The number of amides is 1. The van der Waals surface area contributed by atoms with Crippen molar-refractivity contribution < 1.29 is 4.79 Å². The standard InChI is InChI=1S/C13H20N4O/c1-16(2)11-4-3-7-17(9-11)12-6-5-10(8-15-12)13(14)18/h5-6,8,11H,3-4,7,9H2,1-2H3,(H2,14,18). The summed E-state index contributed by atoms with van der Waals surface area (Å²) in [6.45, 7) is 2.00. The lowest BCUT2D eigenvalue weighted by Gasteiger charge is -2.36. The largest absolute Gasteiger partial charge is 0.366 e. The summed E-state index contributed by atoms with van der Waals surface area (Å²) in [4.78, 5) is 19.8. The van der Waals surface area contributed by atoms with E-state index in [0.717, 1.165) is 18.9 Å². The van der Waals surface area contributed by atoms with Gasteiger partial charge in [-0.1, -0.05) is 0 Å². The van der Waals surface area contributed by atoms with Gasteiger partial charge in [-0.3, -0.25) is 4.79 Å². The maximum absolute atomic E-state index is 11.0. The third-order valence-electron chi connectivity index (χ3n) is 3.48. The second-order valence-corrected chi connectivity index (χ2v) is 4.98. The Morgan fingerprint density at radius 3 is 2.83 bits per heavy atom. The van der Waals surface area contributed by atoms with E-state index in [2.05, 4.69) is 28.9 Å². The number of pyridine rings is 1. The molecule has 18 heavy (non-hydrogen) atoms. The molecule has 1 unspecified atom stereocenters. The second-order valence-electron chi connectivity index (χ2n) is 4.98. The summed E-state index contributed by atoms with van der Waals surface area (Å²) in [5, 5.41) is 0. The van der Waals surface area contributed by atoms with Crippen LogP contribution in [-0.2, 0) is 0 Å². The molecule has 0 spiro atoms. The fourth-order valence-electron chi connectivity index (χ4n) is 2.30. The zero-order chi connectivity index (χ0) is 13.1. The van der Waals surface area contributed by atoms with E-state index in [1.807, 2.05) is 6.07 Å². The Bertz CT molecular complexity index is 416. The number of nitrogens with zero attached hydrogens (tertiary/aromatic N) is 3. The Labute approximate surface area is 108 Å². The second kappa shape index (κ2) is 5.35. The highest BCUT2D eigenvalue weighted by Crippen LogP contribution is 2.19. The monoisotopic (exact) mass is 248 g/mol. The summed E-state index contributed by atoms with van der Waals surface area (Å²) < 4.78 is 0. The van der Waals surface area contributed by atoms with Crippen LogP contribution >= 0.6 is 0 Å². The van der Waals surface area contributed by atoms with Crippen LogP contribution in [0.3, 0.4) is 0 Å². The first-order chi connectivity index (χ1) is 8.58. The highest BCUT2D eigenvalue weighted by Gasteiger charge is 2.22. The van der Waals surface area contributed by atoms with Crippen LogP contribution < -0.4 is 10.6 Å². The molecule has 2 rings (SSSR count). The van der Waals surface area contributed by atoms with Crippen LogP contribution in [0.2, 0.25) is 0 Å². The molecule has 0 bridgehead atoms. The van der Waals surface area contributed by atoms with E-state index in [4.69, 9.17) is 5.73 Å². The van der Waals surface area contributed by atoms with Gasteiger partial charge in [0.05, 0.1) is 5.56 Å². The van der Waals surface area contributed by atoms with Gasteiger partial charge in [0, 0.05) is 25.3 Å². The summed E-state index contributed by atoms with van der Waals surface area (Å²) in [6.07, 6.45) is 3.95. The molecule has 1 aromatic heterocycles. The first kappa shape index (κ1) is 12.8. The highest BCUT2D eigenvalue weighted by atomic mass is 16.1. The number of rotatable bonds is 3. The third-order valence-corrected chi connectivity index (χ3v) is 3.48. The average molecular weight is 248 g/mol. The van der Waals surface area contributed by atoms with Crippen LogP contribution in [0.1, 0.15) is 23.2 Å². The lowest BCUT2D eigenvalue weighted by Crippen LogP contribution is -2.45. The molecule has 1 amide bonds. The number of hydrogen-bond donors (Lipinski definition) is 1. The van der Waals surface area contributed by atoms with Crippen molar-refractivity contribution in [2.24, 2.45) is 5.73 Å². The maximum atomic E-state index is 11.0. The van der Waals surface area contributed by atoms with Gasteiger partial charge >= 0.3 is 0 Å². The number of carbonyl (C=O) groups is 1. The lowest BCUT2D eigenvalue weighted by molar-refractivity contribution is 0.1000. The molecule has 5 nitrogen and oxygen atoms in total. The summed E-state index contributed by atoms with van der Waals surface area (Å²) in [6, 6.07) is 4.18. The van der Waals surface area contributed by atoms with Crippen LogP contribution in [-0.4, -0.2) is 49.0 Å². The number of piperidine rings is 1. The summed E-state index contributed by atoms with van der Waals surface area (Å²) in [5.74, 6) is 0.491. The number of likely N-dealkylation sites (N-methyl/N-ethyl adjacent to an activating group) is 1. The normalized spacial score (nSPS) is 20.2. The van der Waals surface area contributed by atoms with Crippen molar-refractivity contribution >= 4 is 11.7 Å². The minimum absolute atomic E-state index is 0.432. The first-order valence-electron chi connectivity index (χ1n) is 6.25. The highest BCUT2D eigenvalue weighted by molar-refractivity contribution is 5.92. The van der Waals surface area contributed by atoms with E-state index < -0.39 is 5.91 Å². The van der Waals surface area contributed by atoms with Gasteiger partial charge in [-0.05, 0) is 39.1 Å². The Hall–Kier alpha value is -1.62. The van der Waals surface area contributed by atoms with Crippen LogP contribution in [0.25, 0.3) is 0 Å². The predicted molar refractivity (Wildman–Crippen MR) is 71.7 cm³/mol. The zero-order valence-corrected chi connectivity index (χ0v) is 11.0. The number of hydrogen-bond acceptors (Lipinski definition) is 4. The van der Waals surface area contributed by atoms with Gasteiger partial charge in [0.25, 0.3) is 0 Å². The summed E-state index contributed by atoms with van der Waals surface area (Å²) >= 11 is 0. The molecular weight excluding hydrogens is 228 g/mol. The number of aromatic nitrogens is 1. The van der Waals surface area contributed by atoms with Crippen LogP contribution in [0.5, 0.6) is 0 Å². The Balaban J connectivity index is 2.09. The minimum atomic E-state index is -0.432. The maximum Gasteiger partial charge on any atom is 0.250 e. The third kappa shape index (κ3) is 2.79. The van der Waals surface area contributed by atoms with Gasteiger partial charge in [-0.25, -0.2) is 4.98 Å². The van der Waals surface area contributed by atoms with E-state index in [0.29, 0.717) is 11.6 Å². The molecule has 1 atom stereocenters. The van der Waals surface area contributed by atoms with Crippen molar-refractivity contribution in [3.63, 3.8) is 0 Å². The number of nitrogens with two attached hydrogens (primary N) is 1. The van der Waals surface area contributed by atoms with Gasteiger partial charge < -0.3 is 15.5 Å². The molecule has 1 aliphatic heterocycles. The first-order valence-corrected chi connectivity index (χ1v) is 6.25. The lowest BCUT2D eigenvalue weighted by atomic mass is 10.0. The summed E-state index contributed by atoms with van der Waals surface area (Å²) in [7, 11) is 4.22. The molecular formula is C13H20N4O. The minimum Gasteiger partial charge on any atom is -0.366 e. The average Bonchev–Trinajstić information content (AvgIpc) is 2.39.